The number of carboxylic acids is 1. The molecule has 0 atom stereocenters. The van der Waals surface area contributed by atoms with Crippen molar-refractivity contribution >= 4 is 33.3 Å². The third-order valence-electron chi connectivity index (χ3n) is 1.42. The smallest absolute Gasteiger partial charge is 0.339 e. The van der Waals surface area contributed by atoms with Crippen LogP contribution < -0.4 is 4.74 Å². The Balaban J connectivity index is 0.00000144. The summed E-state index contributed by atoms with van der Waals surface area (Å²) in [5.41, 5.74) is 0.208. The molecule has 0 aliphatic carbocycles. The van der Waals surface area contributed by atoms with Crippen molar-refractivity contribution in [3.63, 3.8) is 0 Å². The maximum absolute atomic E-state index is 10.6. The number of para-hydroxylation sites is 1. The topological polar surface area (TPSA) is 46.5 Å². The third-order valence-corrected chi connectivity index (χ3v) is 1.42. The van der Waals surface area contributed by atoms with E-state index in [1.807, 2.05) is 6.92 Å². The molecule has 68 valence electrons. The van der Waals surface area contributed by atoms with Gasteiger partial charge in [0.15, 0.2) is 0 Å². The van der Waals surface area contributed by atoms with Crippen LogP contribution in [0.5, 0.6) is 5.75 Å². The summed E-state index contributed by atoms with van der Waals surface area (Å²) in [6.07, 6.45) is 0. The van der Waals surface area contributed by atoms with Gasteiger partial charge in [-0.25, -0.2) is 4.79 Å². The maximum atomic E-state index is 10.6. The summed E-state index contributed by atoms with van der Waals surface area (Å²) in [7, 11) is 0. The largest absolute Gasteiger partial charge is 0.493 e. The van der Waals surface area contributed by atoms with E-state index in [1.54, 1.807) is 18.2 Å². The quantitative estimate of drug-likeness (QED) is 0.815. The number of aromatic carboxylic acids is 1. The van der Waals surface area contributed by atoms with Crippen molar-refractivity contribution in [1.29, 1.82) is 0 Å². The number of ether oxygens (including phenoxy) is 1. The minimum Gasteiger partial charge on any atom is -0.493 e. The number of carboxylic acid groups (broad SMARTS) is 1. The molecule has 0 saturated carbocycles. The normalized spacial score (nSPS) is 8.69. The van der Waals surface area contributed by atoms with Gasteiger partial charge in [-0.1, -0.05) is 12.1 Å². The van der Waals surface area contributed by atoms with Crippen LogP contribution in [0.3, 0.4) is 0 Å². The molecule has 0 aliphatic rings. The minimum atomic E-state index is -0.959. The van der Waals surface area contributed by atoms with Crippen molar-refractivity contribution in [2.75, 3.05) is 6.61 Å². The molecule has 0 unspecified atom stereocenters. The fraction of sp³-hybridized carbons (Fsp3) is 0.222. The average Bonchev–Trinajstić information content (AvgIpc) is 2.05. The predicted molar refractivity (Wildman–Crippen MR) is 50.3 cm³/mol. The maximum Gasteiger partial charge on any atom is 0.339 e. The summed E-state index contributed by atoms with van der Waals surface area (Å²) in [4.78, 5) is 10.6. The SMILES string of the molecule is CCOc1ccccc1C(=O)O.[Pb]. The van der Waals surface area contributed by atoms with Gasteiger partial charge in [-0.3, -0.25) is 0 Å². The van der Waals surface area contributed by atoms with Gasteiger partial charge in [-0.15, -0.1) is 0 Å². The second kappa shape index (κ2) is 5.96. The van der Waals surface area contributed by atoms with E-state index in [1.165, 1.54) is 6.07 Å². The van der Waals surface area contributed by atoms with Gasteiger partial charge in [0.1, 0.15) is 11.3 Å². The van der Waals surface area contributed by atoms with Crippen LogP contribution >= 0.6 is 0 Å². The number of hydrogen-bond acceptors (Lipinski definition) is 2. The summed E-state index contributed by atoms with van der Waals surface area (Å²) < 4.78 is 5.12. The molecule has 0 spiro atoms. The van der Waals surface area contributed by atoms with Crippen molar-refractivity contribution in [3.8, 4) is 5.75 Å². The van der Waals surface area contributed by atoms with E-state index >= 15 is 0 Å². The Morgan fingerprint density at radius 1 is 1.46 bits per heavy atom. The zero-order valence-corrected chi connectivity index (χ0v) is 11.2. The monoisotopic (exact) mass is 374 g/mol. The van der Waals surface area contributed by atoms with Crippen LogP contribution in [0, 0.1) is 0 Å². The first-order valence-electron chi connectivity index (χ1n) is 3.70. The van der Waals surface area contributed by atoms with Gasteiger partial charge < -0.3 is 9.84 Å². The van der Waals surface area contributed by atoms with Gasteiger partial charge in [0.25, 0.3) is 0 Å². The Morgan fingerprint density at radius 3 is 2.62 bits per heavy atom. The molecule has 3 nitrogen and oxygen atoms in total. The fourth-order valence-electron chi connectivity index (χ4n) is 0.925. The minimum absolute atomic E-state index is 0. The third kappa shape index (κ3) is 3.33. The molecule has 1 aromatic carbocycles. The molecule has 1 rings (SSSR count). The van der Waals surface area contributed by atoms with E-state index in [4.69, 9.17) is 9.84 Å². The van der Waals surface area contributed by atoms with Crippen molar-refractivity contribution < 1.29 is 14.6 Å². The van der Waals surface area contributed by atoms with Crippen molar-refractivity contribution in [2.45, 2.75) is 6.92 Å². The van der Waals surface area contributed by atoms with Crippen molar-refractivity contribution in [1.82, 2.24) is 0 Å². The van der Waals surface area contributed by atoms with Crippen LogP contribution in [0.15, 0.2) is 24.3 Å². The molecule has 13 heavy (non-hydrogen) atoms. The van der Waals surface area contributed by atoms with Gasteiger partial charge in [-0.05, 0) is 19.1 Å². The summed E-state index contributed by atoms with van der Waals surface area (Å²) in [6, 6.07) is 6.59. The number of hydrogen-bond donors (Lipinski definition) is 1. The van der Waals surface area contributed by atoms with Crippen molar-refractivity contribution in [2.24, 2.45) is 0 Å². The number of benzene rings is 1. The van der Waals surface area contributed by atoms with E-state index in [0.29, 0.717) is 12.4 Å². The summed E-state index contributed by atoms with van der Waals surface area (Å²) in [5.74, 6) is -0.536. The molecule has 0 saturated heterocycles. The molecule has 4 heteroatoms. The molecule has 1 N–H and O–H groups in total. The number of carbonyl (C=O) groups is 1. The summed E-state index contributed by atoms with van der Waals surface area (Å²) >= 11 is 0. The Morgan fingerprint density at radius 2 is 2.08 bits per heavy atom. The molecule has 0 fully saturated rings. The first-order valence-corrected chi connectivity index (χ1v) is 3.70. The van der Waals surface area contributed by atoms with Gasteiger partial charge in [0.2, 0.25) is 0 Å². The molecule has 1 aromatic rings. The van der Waals surface area contributed by atoms with Crippen LogP contribution in [-0.4, -0.2) is 45.0 Å². The van der Waals surface area contributed by atoms with Gasteiger partial charge >= 0.3 is 5.97 Å². The zero-order valence-electron chi connectivity index (χ0n) is 7.28. The molecular weight excluding hydrogens is 363 g/mol. The van der Waals surface area contributed by atoms with Gasteiger partial charge in [0, 0.05) is 27.3 Å². The summed E-state index contributed by atoms with van der Waals surface area (Å²) in [6.45, 7) is 2.29. The van der Waals surface area contributed by atoms with Crippen LogP contribution in [0.1, 0.15) is 17.3 Å². The molecule has 0 amide bonds. The van der Waals surface area contributed by atoms with Crippen LogP contribution in [0.2, 0.25) is 0 Å². The van der Waals surface area contributed by atoms with Crippen LogP contribution in [0.25, 0.3) is 0 Å². The molecule has 0 heterocycles. The first kappa shape index (κ1) is 12.4. The molecular formula is C9H10O3Pb. The first-order chi connectivity index (χ1) is 5.75. The number of rotatable bonds is 3. The second-order valence-electron chi connectivity index (χ2n) is 2.23. The van der Waals surface area contributed by atoms with E-state index in [0.717, 1.165) is 0 Å². The van der Waals surface area contributed by atoms with E-state index in [2.05, 4.69) is 0 Å². The van der Waals surface area contributed by atoms with E-state index in [9.17, 15) is 4.79 Å². The molecule has 0 aromatic heterocycles. The summed E-state index contributed by atoms with van der Waals surface area (Å²) in [5, 5.41) is 8.71. The Labute approximate surface area is 96.9 Å². The van der Waals surface area contributed by atoms with Crippen LogP contribution in [-0.2, 0) is 0 Å². The van der Waals surface area contributed by atoms with E-state index in [-0.39, 0.29) is 32.9 Å². The standard InChI is InChI=1S/C9H10O3.Pb/c1-2-12-8-6-4-3-5-7(8)9(10)11;/h3-6H,2H2,1H3,(H,10,11);. The fourth-order valence-corrected chi connectivity index (χ4v) is 0.925. The molecule has 0 aliphatic heterocycles. The predicted octanol–water partition coefficient (Wildman–Crippen LogP) is 1.40. The molecule has 4 radical (unpaired) electrons. The van der Waals surface area contributed by atoms with Gasteiger partial charge in [-0.2, -0.15) is 0 Å². The molecule has 0 bridgehead atoms. The Hall–Kier alpha value is -0.588. The van der Waals surface area contributed by atoms with Crippen molar-refractivity contribution in [3.05, 3.63) is 29.8 Å². The second-order valence-corrected chi connectivity index (χ2v) is 2.23. The Kier molecular flexibility index (Phi) is 5.69. The van der Waals surface area contributed by atoms with Crippen LogP contribution in [0.4, 0.5) is 0 Å². The zero-order chi connectivity index (χ0) is 8.97. The van der Waals surface area contributed by atoms with Gasteiger partial charge in [0.05, 0.1) is 6.61 Å². The Bertz CT molecular complexity index is 286. The average molecular weight is 373 g/mol. The van der Waals surface area contributed by atoms with E-state index < -0.39 is 5.97 Å².